The van der Waals surface area contributed by atoms with Gasteiger partial charge in [-0.05, 0) is 47.9 Å². The standard InChI is InChI=1S/C16H18ClNO2/c1-19-14-5-3-4-11(9-14)15(18)10-12-8-13(17)6-7-16(12)20-2/h3-9,15H,10,18H2,1-2H3. The summed E-state index contributed by atoms with van der Waals surface area (Å²) in [7, 11) is 3.29. The second-order valence-corrected chi connectivity index (χ2v) is 4.98. The van der Waals surface area contributed by atoms with Crippen LogP contribution in [0.5, 0.6) is 11.5 Å². The molecule has 0 saturated carbocycles. The lowest BCUT2D eigenvalue weighted by molar-refractivity contribution is 0.407. The fraction of sp³-hybridized carbons (Fsp3) is 0.250. The Morgan fingerprint density at radius 1 is 1.10 bits per heavy atom. The van der Waals surface area contributed by atoms with Gasteiger partial charge in [-0.15, -0.1) is 0 Å². The molecule has 0 saturated heterocycles. The Balaban J connectivity index is 2.22. The summed E-state index contributed by atoms with van der Waals surface area (Å²) in [4.78, 5) is 0. The summed E-state index contributed by atoms with van der Waals surface area (Å²) in [6.45, 7) is 0. The van der Waals surface area contributed by atoms with E-state index in [-0.39, 0.29) is 6.04 Å². The monoisotopic (exact) mass is 291 g/mol. The molecule has 2 aromatic rings. The predicted molar refractivity (Wildman–Crippen MR) is 81.6 cm³/mol. The maximum atomic E-state index is 6.27. The zero-order valence-electron chi connectivity index (χ0n) is 11.6. The van der Waals surface area contributed by atoms with Crippen LogP contribution in [0.4, 0.5) is 0 Å². The smallest absolute Gasteiger partial charge is 0.122 e. The fourth-order valence-electron chi connectivity index (χ4n) is 2.13. The molecule has 0 fully saturated rings. The van der Waals surface area contributed by atoms with E-state index in [9.17, 15) is 0 Å². The van der Waals surface area contributed by atoms with Crippen LogP contribution in [0.3, 0.4) is 0 Å². The second kappa shape index (κ2) is 6.64. The van der Waals surface area contributed by atoms with Crippen LogP contribution in [0.2, 0.25) is 5.02 Å². The summed E-state index contributed by atoms with van der Waals surface area (Å²) in [6, 6.07) is 13.2. The van der Waals surface area contributed by atoms with Gasteiger partial charge in [-0.3, -0.25) is 0 Å². The Morgan fingerprint density at radius 3 is 2.60 bits per heavy atom. The molecule has 20 heavy (non-hydrogen) atoms. The van der Waals surface area contributed by atoms with Crippen molar-refractivity contribution in [3.05, 3.63) is 58.6 Å². The highest BCUT2D eigenvalue weighted by Gasteiger charge is 2.12. The highest BCUT2D eigenvalue weighted by molar-refractivity contribution is 6.30. The van der Waals surface area contributed by atoms with Crippen molar-refractivity contribution < 1.29 is 9.47 Å². The topological polar surface area (TPSA) is 44.5 Å². The molecule has 0 radical (unpaired) electrons. The van der Waals surface area contributed by atoms with Gasteiger partial charge in [0.15, 0.2) is 0 Å². The van der Waals surface area contributed by atoms with Crippen molar-refractivity contribution >= 4 is 11.6 Å². The lowest BCUT2D eigenvalue weighted by Gasteiger charge is -2.15. The number of halogens is 1. The number of benzene rings is 2. The number of methoxy groups -OCH3 is 2. The first-order chi connectivity index (χ1) is 9.63. The second-order valence-electron chi connectivity index (χ2n) is 4.54. The van der Waals surface area contributed by atoms with Crippen LogP contribution in [0.15, 0.2) is 42.5 Å². The summed E-state index contributed by atoms with van der Waals surface area (Å²) in [5.41, 5.74) is 8.29. The van der Waals surface area contributed by atoms with Gasteiger partial charge in [-0.1, -0.05) is 23.7 Å². The minimum absolute atomic E-state index is 0.141. The molecule has 106 valence electrons. The molecule has 0 bridgehead atoms. The van der Waals surface area contributed by atoms with Gasteiger partial charge in [0.25, 0.3) is 0 Å². The minimum atomic E-state index is -0.141. The summed E-state index contributed by atoms with van der Waals surface area (Å²) in [6.07, 6.45) is 0.650. The van der Waals surface area contributed by atoms with E-state index in [4.69, 9.17) is 26.8 Å². The number of nitrogens with two attached hydrogens (primary N) is 1. The van der Waals surface area contributed by atoms with E-state index in [0.29, 0.717) is 11.4 Å². The van der Waals surface area contributed by atoms with E-state index in [1.54, 1.807) is 20.3 Å². The van der Waals surface area contributed by atoms with Crippen LogP contribution < -0.4 is 15.2 Å². The molecule has 0 aliphatic carbocycles. The molecule has 0 aromatic heterocycles. The van der Waals surface area contributed by atoms with Gasteiger partial charge in [0.1, 0.15) is 11.5 Å². The van der Waals surface area contributed by atoms with Crippen LogP contribution in [0.25, 0.3) is 0 Å². The molecular formula is C16H18ClNO2. The predicted octanol–water partition coefficient (Wildman–Crippen LogP) is 3.60. The summed E-state index contributed by atoms with van der Waals surface area (Å²) in [5, 5.41) is 0.679. The van der Waals surface area contributed by atoms with Crippen LogP contribution >= 0.6 is 11.6 Å². The molecule has 0 amide bonds. The zero-order chi connectivity index (χ0) is 14.5. The molecular weight excluding hydrogens is 274 g/mol. The van der Waals surface area contributed by atoms with E-state index in [1.165, 1.54) is 0 Å². The molecule has 2 aromatic carbocycles. The largest absolute Gasteiger partial charge is 0.497 e. The van der Waals surface area contributed by atoms with Crippen LogP contribution in [0, 0.1) is 0 Å². The van der Waals surface area contributed by atoms with Crippen LogP contribution in [-0.2, 0) is 6.42 Å². The lowest BCUT2D eigenvalue weighted by Crippen LogP contribution is -2.14. The number of hydrogen-bond acceptors (Lipinski definition) is 3. The average Bonchev–Trinajstić information content (AvgIpc) is 2.47. The van der Waals surface area contributed by atoms with Crippen LogP contribution in [0.1, 0.15) is 17.2 Å². The first-order valence-corrected chi connectivity index (χ1v) is 6.73. The van der Waals surface area contributed by atoms with E-state index in [1.807, 2.05) is 36.4 Å². The van der Waals surface area contributed by atoms with Crippen molar-refractivity contribution in [1.29, 1.82) is 0 Å². The van der Waals surface area contributed by atoms with E-state index < -0.39 is 0 Å². The van der Waals surface area contributed by atoms with Gasteiger partial charge in [-0.25, -0.2) is 0 Å². The number of rotatable bonds is 5. The van der Waals surface area contributed by atoms with Gasteiger partial charge >= 0.3 is 0 Å². The van der Waals surface area contributed by atoms with Gasteiger partial charge in [0.05, 0.1) is 14.2 Å². The summed E-state index contributed by atoms with van der Waals surface area (Å²) >= 11 is 6.03. The molecule has 0 aliphatic rings. The molecule has 0 aliphatic heterocycles. The Kier molecular flexibility index (Phi) is 4.88. The Bertz CT molecular complexity index is 586. The summed E-state index contributed by atoms with van der Waals surface area (Å²) < 4.78 is 10.6. The first-order valence-electron chi connectivity index (χ1n) is 6.36. The highest BCUT2D eigenvalue weighted by Crippen LogP contribution is 2.27. The quantitative estimate of drug-likeness (QED) is 0.915. The van der Waals surface area contributed by atoms with Crippen molar-refractivity contribution in [1.82, 2.24) is 0 Å². The van der Waals surface area contributed by atoms with E-state index in [0.717, 1.165) is 22.6 Å². The Morgan fingerprint density at radius 2 is 1.90 bits per heavy atom. The fourth-order valence-corrected chi connectivity index (χ4v) is 2.33. The average molecular weight is 292 g/mol. The molecule has 0 spiro atoms. The third kappa shape index (κ3) is 3.44. The number of ether oxygens (including phenoxy) is 2. The normalized spacial score (nSPS) is 12.0. The van der Waals surface area contributed by atoms with Gasteiger partial charge in [0, 0.05) is 11.1 Å². The molecule has 2 N–H and O–H groups in total. The van der Waals surface area contributed by atoms with E-state index >= 15 is 0 Å². The number of hydrogen-bond donors (Lipinski definition) is 1. The van der Waals surface area contributed by atoms with Gasteiger partial charge in [0.2, 0.25) is 0 Å². The van der Waals surface area contributed by atoms with Crippen molar-refractivity contribution in [2.24, 2.45) is 5.73 Å². The maximum absolute atomic E-state index is 6.27. The van der Waals surface area contributed by atoms with Crippen molar-refractivity contribution in [2.75, 3.05) is 14.2 Å². The molecule has 1 atom stereocenters. The third-order valence-corrected chi connectivity index (χ3v) is 3.44. The minimum Gasteiger partial charge on any atom is -0.497 e. The van der Waals surface area contributed by atoms with Gasteiger partial charge in [-0.2, -0.15) is 0 Å². The zero-order valence-corrected chi connectivity index (χ0v) is 12.4. The van der Waals surface area contributed by atoms with Crippen LogP contribution in [-0.4, -0.2) is 14.2 Å². The van der Waals surface area contributed by atoms with Crippen molar-refractivity contribution in [3.63, 3.8) is 0 Å². The molecule has 1 unspecified atom stereocenters. The van der Waals surface area contributed by atoms with Crippen molar-refractivity contribution in [3.8, 4) is 11.5 Å². The third-order valence-electron chi connectivity index (χ3n) is 3.20. The molecule has 2 rings (SSSR count). The summed E-state index contributed by atoms with van der Waals surface area (Å²) in [5.74, 6) is 1.60. The maximum Gasteiger partial charge on any atom is 0.122 e. The highest BCUT2D eigenvalue weighted by atomic mass is 35.5. The Hall–Kier alpha value is -1.71. The Labute approximate surface area is 124 Å². The first kappa shape index (κ1) is 14.7. The lowest BCUT2D eigenvalue weighted by atomic mass is 9.99. The van der Waals surface area contributed by atoms with Gasteiger partial charge < -0.3 is 15.2 Å². The molecule has 3 nitrogen and oxygen atoms in total. The SMILES string of the molecule is COc1cccc(C(N)Cc2cc(Cl)ccc2OC)c1. The molecule has 0 heterocycles. The molecule has 4 heteroatoms. The van der Waals surface area contributed by atoms with E-state index in [2.05, 4.69) is 0 Å². The van der Waals surface area contributed by atoms with Crippen molar-refractivity contribution in [2.45, 2.75) is 12.5 Å².